The molecule has 1 N–H and O–H groups in total. The number of esters is 1. The second kappa shape index (κ2) is 7.83. The lowest BCUT2D eigenvalue weighted by atomic mass is 9.89. The van der Waals surface area contributed by atoms with Crippen LogP contribution in [0.1, 0.15) is 48.6 Å². The highest BCUT2D eigenvalue weighted by Crippen LogP contribution is 2.39. The lowest BCUT2D eigenvalue weighted by Crippen LogP contribution is -2.25. The molecule has 1 aromatic heterocycles. The second-order valence-electron chi connectivity index (χ2n) is 6.80. The van der Waals surface area contributed by atoms with Crippen molar-refractivity contribution in [2.75, 3.05) is 11.9 Å². The van der Waals surface area contributed by atoms with E-state index in [4.69, 9.17) is 4.74 Å². The number of thiophene rings is 1. The second-order valence-corrected chi connectivity index (χ2v) is 7.91. The average Bonchev–Trinajstić information content (AvgIpc) is 2.96. The van der Waals surface area contributed by atoms with E-state index in [1.54, 1.807) is 0 Å². The van der Waals surface area contributed by atoms with Crippen molar-refractivity contribution in [3.8, 4) is 6.07 Å². The van der Waals surface area contributed by atoms with E-state index in [9.17, 15) is 14.9 Å². The standard InChI is InChI=1S/C19H22N2O3S/c1-12-7-8-14-15(10-20)18(25-16(14)9-12)21-17(22)11-24-19(23)13-5-3-2-4-6-13/h2-3,12-13H,4-9,11H2,1H3,(H,21,22)/t12-,13+/m0/s1. The van der Waals surface area contributed by atoms with Gasteiger partial charge in [0.05, 0.1) is 11.5 Å². The summed E-state index contributed by atoms with van der Waals surface area (Å²) in [6, 6.07) is 2.22. The number of allylic oxidation sites excluding steroid dienone is 2. The zero-order chi connectivity index (χ0) is 17.8. The first-order valence-corrected chi connectivity index (χ1v) is 9.56. The predicted molar refractivity (Wildman–Crippen MR) is 96.3 cm³/mol. The summed E-state index contributed by atoms with van der Waals surface area (Å²) >= 11 is 1.48. The number of anilines is 1. The predicted octanol–water partition coefficient (Wildman–Crippen LogP) is 3.58. The van der Waals surface area contributed by atoms with Gasteiger partial charge in [0.25, 0.3) is 5.91 Å². The van der Waals surface area contributed by atoms with Gasteiger partial charge in [0.2, 0.25) is 0 Å². The number of nitrogens with zero attached hydrogens (tertiary/aromatic N) is 1. The smallest absolute Gasteiger partial charge is 0.309 e. The molecule has 0 saturated carbocycles. The molecule has 3 rings (SSSR count). The molecule has 0 aromatic carbocycles. The van der Waals surface area contributed by atoms with Crippen molar-refractivity contribution < 1.29 is 14.3 Å². The molecule has 0 aliphatic heterocycles. The number of hydrogen-bond donors (Lipinski definition) is 1. The van der Waals surface area contributed by atoms with E-state index in [2.05, 4.69) is 24.4 Å². The highest BCUT2D eigenvalue weighted by atomic mass is 32.1. The Balaban J connectivity index is 1.59. The summed E-state index contributed by atoms with van der Waals surface area (Å²) in [5.74, 6) is -0.253. The highest BCUT2D eigenvalue weighted by Gasteiger charge is 2.25. The summed E-state index contributed by atoms with van der Waals surface area (Å²) in [7, 11) is 0. The molecule has 2 aliphatic carbocycles. The number of nitrogens with one attached hydrogen (secondary N) is 1. The zero-order valence-corrected chi connectivity index (χ0v) is 15.2. The maximum atomic E-state index is 12.1. The normalized spacial score (nSPS) is 21.9. The number of amides is 1. The fourth-order valence-corrected chi connectivity index (χ4v) is 4.76. The van der Waals surface area contributed by atoms with Crippen LogP contribution in [0.5, 0.6) is 0 Å². The van der Waals surface area contributed by atoms with E-state index in [0.717, 1.165) is 37.7 Å². The number of ether oxygens (including phenoxy) is 1. The summed E-state index contributed by atoms with van der Waals surface area (Å²) in [5, 5.41) is 12.8. The molecule has 5 nitrogen and oxygen atoms in total. The van der Waals surface area contributed by atoms with Crippen LogP contribution in [0.25, 0.3) is 0 Å². The molecule has 1 aromatic rings. The fourth-order valence-electron chi connectivity index (χ4n) is 3.38. The van der Waals surface area contributed by atoms with Gasteiger partial charge in [-0.25, -0.2) is 0 Å². The van der Waals surface area contributed by atoms with Gasteiger partial charge in [-0.1, -0.05) is 19.1 Å². The molecule has 2 atom stereocenters. The Kier molecular flexibility index (Phi) is 5.54. The van der Waals surface area contributed by atoms with Crippen LogP contribution in [0, 0.1) is 23.2 Å². The molecule has 6 heteroatoms. The number of carbonyl (C=O) groups is 2. The quantitative estimate of drug-likeness (QED) is 0.659. The molecule has 0 bridgehead atoms. The van der Waals surface area contributed by atoms with Gasteiger partial charge < -0.3 is 10.1 Å². The lowest BCUT2D eigenvalue weighted by Gasteiger charge is -2.17. The molecule has 132 valence electrons. The van der Waals surface area contributed by atoms with E-state index in [-0.39, 0.29) is 24.4 Å². The Morgan fingerprint density at radius 3 is 2.96 bits per heavy atom. The van der Waals surface area contributed by atoms with Crippen LogP contribution in [0.15, 0.2) is 12.2 Å². The van der Waals surface area contributed by atoms with Gasteiger partial charge in [0, 0.05) is 4.88 Å². The summed E-state index contributed by atoms with van der Waals surface area (Å²) in [5.41, 5.74) is 1.65. The van der Waals surface area contributed by atoms with Crippen LogP contribution in [-0.2, 0) is 27.2 Å². The van der Waals surface area contributed by atoms with Crippen molar-refractivity contribution in [2.45, 2.75) is 45.4 Å². The van der Waals surface area contributed by atoms with Crippen molar-refractivity contribution in [2.24, 2.45) is 11.8 Å². The minimum atomic E-state index is -0.386. The number of fused-ring (bicyclic) bond motifs is 1. The molecule has 25 heavy (non-hydrogen) atoms. The van der Waals surface area contributed by atoms with E-state index < -0.39 is 0 Å². The molecule has 0 saturated heterocycles. The minimum Gasteiger partial charge on any atom is -0.455 e. The van der Waals surface area contributed by atoms with Crippen LogP contribution >= 0.6 is 11.3 Å². The van der Waals surface area contributed by atoms with Crippen molar-refractivity contribution in [1.82, 2.24) is 0 Å². The molecule has 0 unspecified atom stereocenters. The average molecular weight is 358 g/mol. The Hall–Kier alpha value is -2.13. The molecule has 1 heterocycles. The maximum Gasteiger partial charge on any atom is 0.309 e. The molecule has 0 fully saturated rings. The summed E-state index contributed by atoms with van der Waals surface area (Å²) < 4.78 is 5.14. The van der Waals surface area contributed by atoms with E-state index in [1.807, 2.05) is 6.08 Å². The third kappa shape index (κ3) is 4.10. The van der Waals surface area contributed by atoms with E-state index in [1.165, 1.54) is 16.2 Å². The summed E-state index contributed by atoms with van der Waals surface area (Å²) in [6.45, 7) is 1.90. The monoisotopic (exact) mass is 358 g/mol. The Morgan fingerprint density at radius 2 is 2.24 bits per heavy atom. The largest absolute Gasteiger partial charge is 0.455 e. The first-order valence-electron chi connectivity index (χ1n) is 8.74. The van der Waals surface area contributed by atoms with Crippen LogP contribution in [-0.4, -0.2) is 18.5 Å². The number of rotatable bonds is 4. The van der Waals surface area contributed by atoms with Gasteiger partial charge in [0.1, 0.15) is 11.1 Å². The fraction of sp³-hybridized carbons (Fsp3) is 0.526. The van der Waals surface area contributed by atoms with Crippen molar-refractivity contribution in [1.29, 1.82) is 5.26 Å². The van der Waals surface area contributed by atoms with Gasteiger partial charge >= 0.3 is 5.97 Å². The lowest BCUT2D eigenvalue weighted by molar-refractivity contribution is -0.151. The van der Waals surface area contributed by atoms with Gasteiger partial charge in [-0.05, 0) is 50.0 Å². The van der Waals surface area contributed by atoms with Crippen molar-refractivity contribution in [3.63, 3.8) is 0 Å². The molecule has 0 spiro atoms. The third-order valence-electron chi connectivity index (χ3n) is 4.82. The Labute approximate surface area is 151 Å². The molecule has 2 aliphatic rings. The molecular formula is C19H22N2O3S. The SMILES string of the molecule is C[C@H]1CCc2c(sc(NC(=O)COC(=O)[C@@H]3CC=CCC3)c2C#N)C1. The number of hydrogen-bond acceptors (Lipinski definition) is 5. The van der Waals surface area contributed by atoms with E-state index >= 15 is 0 Å². The van der Waals surface area contributed by atoms with Crippen LogP contribution in [0.3, 0.4) is 0 Å². The molecule has 0 radical (unpaired) electrons. The topological polar surface area (TPSA) is 79.2 Å². The maximum absolute atomic E-state index is 12.1. The minimum absolute atomic E-state index is 0.150. The van der Waals surface area contributed by atoms with Crippen LogP contribution in [0.2, 0.25) is 0 Å². The first-order chi connectivity index (χ1) is 12.1. The highest BCUT2D eigenvalue weighted by molar-refractivity contribution is 7.16. The van der Waals surface area contributed by atoms with Gasteiger partial charge in [-0.2, -0.15) is 5.26 Å². The zero-order valence-electron chi connectivity index (χ0n) is 14.3. The van der Waals surface area contributed by atoms with Crippen molar-refractivity contribution in [3.05, 3.63) is 28.2 Å². The van der Waals surface area contributed by atoms with Crippen LogP contribution in [0.4, 0.5) is 5.00 Å². The van der Waals surface area contributed by atoms with Gasteiger partial charge in [-0.3, -0.25) is 9.59 Å². The Bertz CT molecular complexity index is 745. The number of carbonyl (C=O) groups excluding carboxylic acids is 2. The number of nitriles is 1. The third-order valence-corrected chi connectivity index (χ3v) is 5.99. The summed E-state index contributed by atoms with van der Waals surface area (Å²) in [4.78, 5) is 25.3. The Morgan fingerprint density at radius 1 is 1.40 bits per heavy atom. The van der Waals surface area contributed by atoms with E-state index in [0.29, 0.717) is 22.9 Å². The first kappa shape index (κ1) is 17.7. The van der Waals surface area contributed by atoms with Crippen LogP contribution < -0.4 is 5.32 Å². The van der Waals surface area contributed by atoms with Gasteiger partial charge in [0.15, 0.2) is 6.61 Å². The molecule has 1 amide bonds. The molecular weight excluding hydrogens is 336 g/mol. The van der Waals surface area contributed by atoms with Gasteiger partial charge in [-0.15, -0.1) is 11.3 Å². The summed E-state index contributed by atoms with van der Waals surface area (Å²) in [6.07, 6.45) is 9.26. The van der Waals surface area contributed by atoms with Crippen molar-refractivity contribution >= 4 is 28.2 Å².